The monoisotopic (exact) mass is 434 g/mol. The summed E-state index contributed by atoms with van der Waals surface area (Å²) in [4.78, 5) is 16.9. The lowest BCUT2D eigenvalue weighted by Crippen LogP contribution is -2.34. The van der Waals surface area contributed by atoms with Gasteiger partial charge in [0.05, 0.1) is 16.6 Å². The molecule has 10 heteroatoms. The van der Waals surface area contributed by atoms with Crippen molar-refractivity contribution >= 4 is 17.0 Å². The molecule has 0 aromatic carbocycles. The van der Waals surface area contributed by atoms with Gasteiger partial charge in [0, 0.05) is 56.8 Å². The van der Waals surface area contributed by atoms with Crippen LogP contribution in [0.5, 0.6) is 0 Å². The lowest BCUT2D eigenvalue weighted by molar-refractivity contribution is -0.136. The number of likely N-dealkylation sites (tertiary alicyclic amines) is 1. The number of aryl methyl sites for hydroxylation is 1. The summed E-state index contributed by atoms with van der Waals surface area (Å²) >= 11 is 0. The van der Waals surface area contributed by atoms with Crippen molar-refractivity contribution in [1.29, 1.82) is 0 Å². The van der Waals surface area contributed by atoms with Gasteiger partial charge in [-0.25, -0.2) is 15.0 Å². The molecule has 4 heterocycles. The predicted molar refractivity (Wildman–Crippen MR) is 110 cm³/mol. The van der Waals surface area contributed by atoms with Gasteiger partial charge in [0.2, 0.25) is 5.95 Å². The molecule has 0 bridgehead atoms. The van der Waals surface area contributed by atoms with Crippen molar-refractivity contribution < 1.29 is 17.7 Å². The maximum absolute atomic E-state index is 13.8. The van der Waals surface area contributed by atoms with Gasteiger partial charge in [0.1, 0.15) is 0 Å². The van der Waals surface area contributed by atoms with Gasteiger partial charge in [-0.2, -0.15) is 13.2 Å². The Balaban J connectivity index is 1.59. The summed E-state index contributed by atoms with van der Waals surface area (Å²) in [5.41, 5.74) is 0.902. The number of pyridine rings is 1. The van der Waals surface area contributed by atoms with Gasteiger partial charge >= 0.3 is 6.18 Å². The van der Waals surface area contributed by atoms with E-state index in [4.69, 9.17) is 4.52 Å². The molecule has 0 saturated carbocycles. The van der Waals surface area contributed by atoms with E-state index in [1.807, 2.05) is 19.0 Å². The van der Waals surface area contributed by atoms with E-state index in [1.54, 1.807) is 19.3 Å². The Morgan fingerprint density at radius 3 is 2.61 bits per heavy atom. The van der Waals surface area contributed by atoms with E-state index in [2.05, 4.69) is 25.0 Å². The van der Waals surface area contributed by atoms with Crippen LogP contribution in [-0.4, -0.2) is 52.2 Å². The molecule has 1 aliphatic heterocycles. The molecule has 166 valence electrons. The van der Waals surface area contributed by atoms with Crippen molar-refractivity contribution in [2.45, 2.75) is 44.8 Å². The largest absolute Gasteiger partial charge is 0.417 e. The minimum atomic E-state index is -4.49. The second-order valence-corrected chi connectivity index (χ2v) is 8.12. The van der Waals surface area contributed by atoms with Crippen molar-refractivity contribution in [1.82, 2.24) is 25.0 Å². The molecule has 7 nitrogen and oxygen atoms in total. The number of anilines is 1. The summed E-state index contributed by atoms with van der Waals surface area (Å²) in [6, 6.07) is 1.12. The van der Waals surface area contributed by atoms with Crippen molar-refractivity contribution in [3.05, 3.63) is 41.0 Å². The third-order valence-electron chi connectivity index (χ3n) is 5.58. The van der Waals surface area contributed by atoms with Crippen LogP contribution in [0.2, 0.25) is 0 Å². The zero-order valence-electron chi connectivity index (χ0n) is 17.8. The molecule has 0 aliphatic carbocycles. The summed E-state index contributed by atoms with van der Waals surface area (Å²) < 4.78 is 46.6. The van der Waals surface area contributed by atoms with E-state index >= 15 is 0 Å². The second-order valence-electron chi connectivity index (χ2n) is 8.12. The van der Waals surface area contributed by atoms with Crippen molar-refractivity contribution in [3.8, 4) is 0 Å². The Hall–Kier alpha value is -2.75. The Bertz CT molecular complexity index is 1050. The Morgan fingerprint density at radius 2 is 1.97 bits per heavy atom. The summed E-state index contributed by atoms with van der Waals surface area (Å²) in [5.74, 6) is 0.473. The molecule has 3 aromatic rings. The van der Waals surface area contributed by atoms with Crippen LogP contribution in [-0.2, 0) is 19.1 Å². The van der Waals surface area contributed by atoms with Crippen molar-refractivity contribution in [2.24, 2.45) is 0 Å². The molecule has 0 N–H and O–H groups in total. The van der Waals surface area contributed by atoms with Crippen molar-refractivity contribution in [3.63, 3.8) is 0 Å². The fourth-order valence-corrected chi connectivity index (χ4v) is 4.05. The van der Waals surface area contributed by atoms with Gasteiger partial charge in [0.25, 0.3) is 5.71 Å². The average Bonchev–Trinajstić information content (AvgIpc) is 3.16. The van der Waals surface area contributed by atoms with Gasteiger partial charge in [-0.1, -0.05) is 12.1 Å². The number of piperidine rings is 1. The fourth-order valence-electron chi connectivity index (χ4n) is 4.05. The summed E-state index contributed by atoms with van der Waals surface area (Å²) in [5, 5.41) is 4.04. The van der Waals surface area contributed by atoms with E-state index in [-0.39, 0.29) is 17.0 Å². The van der Waals surface area contributed by atoms with E-state index < -0.39 is 11.7 Å². The molecule has 0 spiro atoms. The number of aromatic nitrogens is 4. The smallest absolute Gasteiger partial charge is 0.347 e. The van der Waals surface area contributed by atoms with Crippen LogP contribution < -0.4 is 4.90 Å². The number of nitrogens with zero attached hydrogens (tertiary/aromatic N) is 6. The van der Waals surface area contributed by atoms with Crippen LogP contribution >= 0.6 is 0 Å². The van der Waals surface area contributed by atoms with Crippen LogP contribution in [0.25, 0.3) is 11.1 Å². The standard InChI is InChI=1S/C21H25F3N6O/c1-4-15-8-16(21(22,23)24)17-18(28-31-19(17)27-15)14-6-5-7-30(12-14)11-13-9-25-20(26-10-13)29(2)3/h8-10,14H,4-7,11-12H2,1-3H3. The quantitative estimate of drug-likeness (QED) is 0.600. The Labute approximate surface area is 178 Å². The van der Waals surface area contributed by atoms with Gasteiger partial charge in [-0.05, 0) is 31.9 Å². The molecule has 1 saturated heterocycles. The van der Waals surface area contributed by atoms with Gasteiger partial charge in [0.15, 0.2) is 0 Å². The zero-order valence-corrected chi connectivity index (χ0v) is 17.8. The van der Waals surface area contributed by atoms with E-state index in [1.165, 1.54) is 0 Å². The highest BCUT2D eigenvalue weighted by Crippen LogP contribution is 2.40. The van der Waals surface area contributed by atoms with E-state index in [9.17, 15) is 13.2 Å². The molecule has 0 amide bonds. The first-order valence-electron chi connectivity index (χ1n) is 10.3. The van der Waals surface area contributed by atoms with Gasteiger partial charge < -0.3 is 9.42 Å². The molecular weight excluding hydrogens is 409 g/mol. The zero-order chi connectivity index (χ0) is 22.2. The third kappa shape index (κ3) is 4.48. The third-order valence-corrected chi connectivity index (χ3v) is 5.58. The van der Waals surface area contributed by atoms with Crippen molar-refractivity contribution in [2.75, 3.05) is 32.1 Å². The minimum Gasteiger partial charge on any atom is -0.347 e. The highest BCUT2D eigenvalue weighted by molar-refractivity contribution is 5.81. The molecule has 3 aromatic heterocycles. The van der Waals surface area contributed by atoms with Crippen LogP contribution in [0.3, 0.4) is 0 Å². The Morgan fingerprint density at radius 1 is 1.23 bits per heavy atom. The van der Waals surface area contributed by atoms with Crippen LogP contribution in [0.4, 0.5) is 19.1 Å². The van der Waals surface area contributed by atoms with Gasteiger partial charge in [-0.15, -0.1) is 0 Å². The molecule has 1 atom stereocenters. The minimum absolute atomic E-state index is 0.00443. The summed E-state index contributed by atoms with van der Waals surface area (Å²) in [6.07, 6.45) is 1.08. The van der Waals surface area contributed by atoms with E-state index in [0.717, 1.165) is 31.0 Å². The fraction of sp³-hybridized carbons (Fsp3) is 0.524. The molecule has 0 radical (unpaired) electrons. The first-order chi connectivity index (χ1) is 14.8. The Kier molecular flexibility index (Phi) is 5.83. The van der Waals surface area contributed by atoms with Gasteiger partial charge in [-0.3, -0.25) is 4.90 Å². The van der Waals surface area contributed by atoms with Crippen LogP contribution in [0.15, 0.2) is 23.0 Å². The number of halogens is 3. The second kappa shape index (κ2) is 8.41. The number of rotatable bonds is 5. The highest BCUT2D eigenvalue weighted by atomic mass is 19.4. The predicted octanol–water partition coefficient (Wildman–Crippen LogP) is 4.04. The average molecular weight is 434 g/mol. The molecular formula is C21H25F3N6O. The van der Waals surface area contributed by atoms with E-state index in [0.29, 0.717) is 36.8 Å². The molecule has 1 aliphatic rings. The molecule has 1 unspecified atom stereocenters. The maximum Gasteiger partial charge on any atom is 0.417 e. The normalized spacial score (nSPS) is 17.9. The molecule has 1 fully saturated rings. The summed E-state index contributed by atoms with van der Waals surface area (Å²) in [7, 11) is 3.75. The molecule has 31 heavy (non-hydrogen) atoms. The van der Waals surface area contributed by atoms with Crippen LogP contribution in [0, 0.1) is 0 Å². The lowest BCUT2D eigenvalue weighted by Gasteiger charge is -2.32. The molecule has 4 rings (SSSR count). The number of alkyl halides is 3. The first kappa shape index (κ1) is 21.5. The van der Waals surface area contributed by atoms with Crippen LogP contribution in [0.1, 0.15) is 48.2 Å². The maximum atomic E-state index is 13.8. The first-order valence-corrected chi connectivity index (χ1v) is 10.3. The number of hydrogen-bond donors (Lipinski definition) is 0. The highest BCUT2D eigenvalue weighted by Gasteiger charge is 2.38. The SMILES string of the molecule is CCc1cc(C(F)(F)F)c2c(C3CCCN(Cc4cnc(N(C)C)nc4)C3)noc2n1. The number of fused-ring (bicyclic) bond motifs is 1. The lowest BCUT2D eigenvalue weighted by atomic mass is 9.91. The summed E-state index contributed by atoms with van der Waals surface area (Å²) in [6.45, 7) is 3.83. The topological polar surface area (TPSA) is 71.2 Å². The number of hydrogen-bond acceptors (Lipinski definition) is 7.